The van der Waals surface area contributed by atoms with Gasteiger partial charge in [0.2, 0.25) is 5.91 Å². The predicted octanol–water partition coefficient (Wildman–Crippen LogP) is 3.29. The van der Waals surface area contributed by atoms with Gasteiger partial charge >= 0.3 is 5.97 Å². The summed E-state index contributed by atoms with van der Waals surface area (Å²) in [5.74, 6) is -1.13. The highest BCUT2D eigenvalue weighted by atomic mass is 16.4. The molecule has 0 unspecified atom stereocenters. The molecule has 0 aliphatic rings. The van der Waals surface area contributed by atoms with E-state index in [2.05, 4.69) is 5.32 Å². The van der Waals surface area contributed by atoms with Crippen molar-refractivity contribution in [3.8, 4) is 0 Å². The molecule has 4 nitrogen and oxygen atoms in total. The first kappa shape index (κ1) is 16.7. The van der Waals surface area contributed by atoms with Gasteiger partial charge in [0.25, 0.3) is 0 Å². The first-order valence-corrected chi connectivity index (χ1v) is 7.48. The molecule has 0 radical (unpaired) electrons. The van der Waals surface area contributed by atoms with Crippen molar-refractivity contribution in [2.45, 2.75) is 32.7 Å². The fourth-order valence-corrected chi connectivity index (χ4v) is 2.50. The lowest BCUT2D eigenvalue weighted by molar-refractivity contribution is -0.122. The Balaban J connectivity index is 2.09. The maximum Gasteiger partial charge on any atom is 0.335 e. The molecule has 2 rings (SSSR count). The highest BCUT2D eigenvalue weighted by Gasteiger charge is 2.23. The number of hydrogen-bond donors (Lipinski definition) is 2. The summed E-state index contributed by atoms with van der Waals surface area (Å²) in [6.07, 6.45) is 0.149. The Kier molecular flexibility index (Phi) is 4.84. The van der Waals surface area contributed by atoms with Gasteiger partial charge in [0, 0.05) is 0 Å². The van der Waals surface area contributed by atoms with Gasteiger partial charge in [-0.3, -0.25) is 4.79 Å². The third-order valence-corrected chi connectivity index (χ3v) is 3.73. The standard InChI is InChI=1S/C19H21NO3/c1-13-6-4-9-16(10-13)19(2,3)20-17(21)12-14-7-5-8-15(11-14)18(22)23/h4-11H,12H2,1-3H3,(H,20,21)(H,22,23). The number of rotatable bonds is 5. The summed E-state index contributed by atoms with van der Waals surface area (Å²) in [6, 6.07) is 14.5. The van der Waals surface area contributed by atoms with Crippen LogP contribution in [0.15, 0.2) is 48.5 Å². The van der Waals surface area contributed by atoms with E-state index in [4.69, 9.17) is 5.11 Å². The van der Waals surface area contributed by atoms with Gasteiger partial charge in [-0.05, 0) is 44.0 Å². The van der Waals surface area contributed by atoms with Crippen molar-refractivity contribution in [3.05, 3.63) is 70.8 Å². The second kappa shape index (κ2) is 6.65. The Morgan fingerprint density at radius 1 is 1.09 bits per heavy atom. The molecule has 0 heterocycles. The molecular formula is C19H21NO3. The molecule has 0 bridgehead atoms. The summed E-state index contributed by atoms with van der Waals surface area (Å²) < 4.78 is 0. The number of nitrogens with one attached hydrogen (secondary N) is 1. The Labute approximate surface area is 136 Å². The van der Waals surface area contributed by atoms with Gasteiger partial charge in [-0.25, -0.2) is 4.79 Å². The lowest BCUT2D eigenvalue weighted by Crippen LogP contribution is -2.41. The van der Waals surface area contributed by atoms with Crippen LogP contribution in [0.2, 0.25) is 0 Å². The first-order valence-electron chi connectivity index (χ1n) is 7.48. The highest BCUT2D eigenvalue weighted by molar-refractivity contribution is 5.88. The van der Waals surface area contributed by atoms with E-state index in [-0.39, 0.29) is 17.9 Å². The maximum atomic E-state index is 12.3. The van der Waals surface area contributed by atoms with Gasteiger partial charge in [-0.15, -0.1) is 0 Å². The molecule has 0 aromatic heterocycles. The molecule has 4 heteroatoms. The van der Waals surface area contributed by atoms with Crippen molar-refractivity contribution < 1.29 is 14.7 Å². The van der Waals surface area contributed by atoms with Crippen molar-refractivity contribution in [3.63, 3.8) is 0 Å². The highest BCUT2D eigenvalue weighted by Crippen LogP contribution is 2.21. The second-order valence-corrected chi connectivity index (χ2v) is 6.22. The molecule has 0 saturated carbocycles. The normalized spacial score (nSPS) is 11.1. The molecule has 2 N–H and O–H groups in total. The zero-order chi connectivity index (χ0) is 17.0. The summed E-state index contributed by atoms with van der Waals surface area (Å²) in [5, 5.41) is 12.0. The van der Waals surface area contributed by atoms with Gasteiger partial charge in [0.05, 0.1) is 17.5 Å². The molecule has 0 saturated heterocycles. The number of amides is 1. The molecule has 0 atom stereocenters. The molecule has 2 aromatic carbocycles. The Bertz CT molecular complexity index is 735. The number of benzene rings is 2. The van der Waals surface area contributed by atoms with E-state index in [0.717, 1.165) is 11.1 Å². The van der Waals surface area contributed by atoms with Crippen LogP contribution < -0.4 is 5.32 Å². The lowest BCUT2D eigenvalue weighted by Gasteiger charge is -2.27. The molecule has 120 valence electrons. The molecule has 0 spiro atoms. The number of aryl methyl sites for hydroxylation is 1. The van der Waals surface area contributed by atoms with Crippen molar-refractivity contribution in [2.24, 2.45) is 0 Å². The minimum atomic E-state index is -0.993. The third kappa shape index (κ3) is 4.42. The van der Waals surface area contributed by atoms with E-state index in [9.17, 15) is 9.59 Å². The zero-order valence-electron chi connectivity index (χ0n) is 13.6. The fraction of sp³-hybridized carbons (Fsp3) is 0.263. The first-order chi connectivity index (χ1) is 10.8. The van der Waals surface area contributed by atoms with Crippen LogP contribution in [0.5, 0.6) is 0 Å². The maximum absolute atomic E-state index is 12.3. The summed E-state index contributed by atoms with van der Waals surface area (Å²) in [7, 11) is 0. The van der Waals surface area contributed by atoms with Crippen LogP contribution in [-0.4, -0.2) is 17.0 Å². The van der Waals surface area contributed by atoms with Gasteiger partial charge in [0.15, 0.2) is 0 Å². The largest absolute Gasteiger partial charge is 0.478 e. The van der Waals surface area contributed by atoms with Crippen molar-refractivity contribution >= 4 is 11.9 Å². The van der Waals surface area contributed by atoms with Crippen molar-refractivity contribution in [1.82, 2.24) is 5.32 Å². The topological polar surface area (TPSA) is 66.4 Å². The van der Waals surface area contributed by atoms with Crippen molar-refractivity contribution in [2.75, 3.05) is 0 Å². The fourth-order valence-electron chi connectivity index (χ4n) is 2.50. The molecular weight excluding hydrogens is 290 g/mol. The zero-order valence-corrected chi connectivity index (χ0v) is 13.6. The van der Waals surface area contributed by atoms with Crippen LogP contribution in [0.1, 0.15) is 40.9 Å². The lowest BCUT2D eigenvalue weighted by atomic mass is 9.92. The number of carbonyl (C=O) groups is 2. The SMILES string of the molecule is Cc1cccc(C(C)(C)NC(=O)Cc2cccc(C(=O)O)c2)c1. The van der Waals surface area contributed by atoms with Crippen LogP contribution in [0.4, 0.5) is 0 Å². The Morgan fingerprint density at radius 3 is 2.43 bits per heavy atom. The van der Waals surface area contributed by atoms with E-state index in [0.29, 0.717) is 5.56 Å². The molecule has 2 aromatic rings. The van der Waals surface area contributed by atoms with E-state index in [1.54, 1.807) is 12.1 Å². The Morgan fingerprint density at radius 2 is 1.78 bits per heavy atom. The minimum absolute atomic E-state index is 0.140. The number of carboxylic acids is 1. The average molecular weight is 311 g/mol. The summed E-state index contributed by atoms with van der Waals surface area (Å²) >= 11 is 0. The predicted molar refractivity (Wildman–Crippen MR) is 89.5 cm³/mol. The van der Waals surface area contributed by atoms with E-state index in [1.807, 2.05) is 45.0 Å². The van der Waals surface area contributed by atoms with Crippen LogP contribution in [-0.2, 0) is 16.8 Å². The number of carbonyl (C=O) groups excluding carboxylic acids is 1. The van der Waals surface area contributed by atoms with Crippen LogP contribution in [0, 0.1) is 6.92 Å². The monoisotopic (exact) mass is 311 g/mol. The average Bonchev–Trinajstić information content (AvgIpc) is 2.46. The minimum Gasteiger partial charge on any atom is -0.478 e. The second-order valence-electron chi connectivity index (χ2n) is 6.22. The molecule has 0 fully saturated rings. The number of carboxylic acid groups (broad SMARTS) is 1. The van der Waals surface area contributed by atoms with Gasteiger partial charge in [-0.2, -0.15) is 0 Å². The molecule has 1 amide bonds. The smallest absolute Gasteiger partial charge is 0.335 e. The third-order valence-electron chi connectivity index (χ3n) is 3.73. The van der Waals surface area contributed by atoms with Crippen LogP contribution in [0.25, 0.3) is 0 Å². The number of hydrogen-bond acceptors (Lipinski definition) is 2. The van der Waals surface area contributed by atoms with E-state index < -0.39 is 11.5 Å². The Hall–Kier alpha value is -2.62. The van der Waals surface area contributed by atoms with E-state index >= 15 is 0 Å². The summed E-state index contributed by atoms with van der Waals surface area (Å²) in [5.41, 5.74) is 2.55. The molecule has 0 aliphatic heterocycles. The van der Waals surface area contributed by atoms with Gasteiger partial charge in [-0.1, -0.05) is 42.0 Å². The molecule has 23 heavy (non-hydrogen) atoms. The van der Waals surface area contributed by atoms with E-state index in [1.165, 1.54) is 12.1 Å². The quantitative estimate of drug-likeness (QED) is 0.890. The number of aromatic carboxylic acids is 1. The van der Waals surface area contributed by atoms with Crippen LogP contribution >= 0.6 is 0 Å². The van der Waals surface area contributed by atoms with Gasteiger partial charge < -0.3 is 10.4 Å². The van der Waals surface area contributed by atoms with Gasteiger partial charge in [0.1, 0.15) is 0 Å². The summed E-state index contributed by atoms with van der Waals surface area (Å²) in [6.45, 7) is 5.92. The van der Waals surface area contributed by atoms with Crippen molar-refractivity contribution in [1.29, 1.82) is 0 Å². The molecule has 0 aliphatic carbocycles. The van der Waals surface area contributed by atoms with Crippen LogP contribution in [0.3, 0.4) is 0 Å². The summed E-state index contributed by atoms with van der Waals surface area (Å²) in [4.78, 5) is 23.3.